The molecule has 192 valence electrons. The molecule has 3 N–H and O–H groups in total. The van der Waals surface area contributed by atoms with E-state index in [0.29, 0.717) is 47.5 Å². The van der Waals surface area contributed by atoms with E-state index in [1.54, 1.807) is 36.0 Å². The summed E-state index contributed by atoms with van der Waals surface area (Å²) in [6.07, 6.45) is 0. The van der Waals surface area contributed by atoms with Crippen LogP contribution in [0.5, 0.6) is 0 Å². The van der Waals surface area contributed by atoms with Gasteiger partial charge in [-0.2, -0.15) is 5.10 Å². The van der Waals surface area contributed by atoms with Gasteiger partial charge >= 0.3 is 0 Å². The van der Waals surface area contributed by atoms with Gasteiger partial charge in [-0.1, -0.05) is 12.1 Å². The van der Waals surface area contributed by atoms with E-state index in [1.165, 1.54) is 17.0 Å². The standard InChI is InChI=1S/C26H28FN7O3/c1-26(2)15-33-22-20(24(37)32(3)25(33)30-26)21(29-19-10-8-18(27)9-11-19)34(31-22)14-16-4-6-17(7-5-16)23(36)28-12-13-35/h4-11,29,35H,12-15H2,1-3H3,(H,28,36). The molecule has 0 radical (unpaired) electrons. The van der Waals surface area contributed by atoms with Crippen LogP contribution in [0, 0.1) is 5.82 Å². The Labute approximate surface area is 213 Å². The van der Waals surface area contributed by atoms with Crippen molar-refractivity contribution in [1.29, 1.82) is 0 Å². The number of carbonyl (C=O) groups excluding carboxylic acids is 2. The number of aliphatic hydroxyl groups excluding tert-OH is 1. The van der Waals surface area contributed by atoms with Crippen LogP contribution in [0.1, 0.15) is 40.1 Å². The Morgan fingerprint density at radius 2 is 1.84 bits per heavy atom. The van der Waals surface area contributed by atoms with Gasteiger partial charge in [-0.15, -0.1) is 0 Å². The lowest BCUT2D eigenvalue weighted by atomic mass is 10.1. The third-order valence-corrected chi connectivity index (χ3v) is 6.25. The number of aliphatic imine (C=N–C) groups is 1. The van der Waals surface area contributed by atoms with Crippen LogP contribution < -0.4 is 15.5 Å². The van der Waals surface area contributed by atoms with Crippen molar-refractivity contribution in [2.45, 2.75) is 25.9 Å². The van der Waals surface area contributed by atoms with E-state index in [1.807, 2.05) is 30.9 Å². The maximum atomic E-state index is 13.5. The molecule has 0 spiro atoms. The van der Waals surface area contributed by atoms with Crippen LogP contribution >= 0.6 is 0 Å². The van der Waals surface area contributed by atoms with Crippen LogP contribution in [-0.2, 0) is 6.54 Å². The highest BCUT2D eigenvalue weighted by molar-refractivity contribution is 6.20. The molecule has 2 aliphatic heterocycles. The van der Waals surface area contributed by atoms with E-state index in [9.17, 15) is 14.0 Å². The number of carbonyl (C=O) groups is 2. The van der Waals surface area contributed by atoms with Crippen molar-refractivity contribution in [1.82, 2.24) is 20.0 Å². The van der Waals surface area contributed by atoms with Crippen molar-refractivity contribution in [2.75, 3.05) is 37.0 Å². The zero-order valence-electron chi connectivity index (χ0n) is 20.8. The first-order valence-corrected chi connectivity index (χ1v) is 11.9. The first-order chi connectivity index (χ1) is 17.7. The summed E-state index contributed by atoms with van der Waals surface area (Å²) in [6.45, 7) is 4.94. The molecule has 0 bridgehead atoms. The van der Waals surface area contributed by atoms with Gasteiger partial charge in [-0.25, -0.2) is 14.1 Å². The maximum absolute atomic E-state index is 13.5. The van der Waals surface area contributed by atoms with Crippen molar-refractivity contribution in [3.05, 3.63) is 71.0 Å². The van der Waals surface area contributed by atoms with Gasteiger partial charge in [0.25, 0.3) is 11.8 Å². The van der Waals surface area contributed by atoms with E-state index in [-0.39, 0.29) is 36.3 Å². The number of hydrogen-bond donors (Lipinski definition) is 3. The van der Waals surface area contributed by atoms with Gasteiger partial charge in [0.05, 0.1) is 25.2 Å². The van der Waals surface area contributed by atoms with Crippen molar-refractivity contribution in [3.63, 3.8) is 0 Å². The highest BCUT2D eigenvalue weighted by atomic mass is 19.1. The Bertz CT molecular complexity index is 1380. The van der Waals surface area contributed by atoms with Crippen LogP contribution in [0.4, 0.5) is 21.7 Å². The number of anilines is 3. The molecule has 11 heteroatoms. The number of amides is 2. The summed E-state index contributed by atoms with van der Waals surface area (Å²) in [5.74, 6) is 0.670. The van der Waals surface area contributed by atoms with Crippen LogP contribution in [0.2, 0.25) is 0 Å². The van der Waals surface area contributed by atoms with Crippen LogP contribution in [0.25, 0.3) is 0 Å². The zero-order chi connectivity index (χ0) is 26.3. The Morgan fingerprint density at radius 3 is 2.51 bits per heavy atom. The van der Waals surface area contributed by atoms with E-state index in [0.717, 1.165) is 5.56 Å². The van der Waals surface area contributed by atoms with Gasteiger partial charge in [-0.3, -0.25) is 19.4 Å². The molecule has 0 saturated heterocycles. The van der Waals surface area contributed by atoms with E-state index in [2.05, 4.69) is 10.6 Å². The van der Waals surface area contributed by atoms with E-state index in [4.69, 9.17) is 15.2 Å². The van der Waals surface area contributed by atoms with Gasteiger partial charge in [0.15, 0.2) is 5.82 Å². The molecule has 3 aromatic rings. The quantitative estimate of drug-likeness (QED) is 0.455. The molecule has 3 heterocycles. The van der Waals surface area contributed by atoms with Crippen LogP contribution in [-0.4, -0.2) is 69.8 Å². The first-order valence-electron chi connectivity index (χ1n) is 11.9. The van der Waals surface area contributed by atoms with E-state index < -0.39 is 0 Å². The maximum Gasteiger partial charge on any atom is 0.267 e. The number of rotatable bonds is 7. The number of hydrogen-bond acceptors (Lipinski definition) is 7. The van der Waals surface area contributed by atoms with Crippen molar-refractivity contribution in [3.8, 4) is 0 Å². The molecule has 0 fully saturated rings. The average Bonchev–Trinajstić information content (AvgIpc) is 3.39. The number of nitrogens with zero attached hydrogens (tertiary/aromatic N) is 5. The number of guanidine groups is 1. The Kier molecular flexibility index (Phi) is 6.16. The number of benzene rings is 2. The summed E-state index contributed by atoms with van der Waals surface area (Å²) in [7, 11) is 1.69. The van der Waals surface area contributed by atoms with Crippen molar-refractivity contribution in [2.24, 2.45) is 4.99 Å². The fourth-order valence-electron chi connectivity index (χ4n) is 4.46. The number of nitrogens with one attached hydrogen (secondary N) is 2. The zero-order valence-corrected chi connectivity index (χ0v) is 20.8. The molecule has 0 unspecified atom stereocenters. The summed E-state index contributed by atoms with van der Waals surface area (Å²) in [5.41, 5.74) is 1.96. The number of halogens is 1. The molecule has 37 heavy (non-hydrogen) atoms. The monoisotopic (exact) mass is 505 g/mol. The molecule has 2 amide bonds. The lowest BCUT2D eigenvalue weighted by Crippen LogP contribution is -2.48. The molecule has 2 aromatic carbocycles. The van der Waals surface area contributed by atoms with Gasteiger partial charge in [0.1, 0.15) is 17.2 Å². The van der Waals surface area contributed by atoms with Crippen LogP contribution in [0.3, 0.4) is 0 Å². The molecule has 0 atom stereocenters. The second-order valence-corrected chi connectivity index (χ2v) is 9.69. The predicted molar refractivity (Wildman–Crippen MR) is 138 cm³/mol. The predicted octanol–water partition coefficient (Wildman–Crippen LogP) is 2.58. The van der Waals surface area contributed by atoms with Crippen molar-refractivity contribution < 1.29 is 19.1 Å². The fourth-order valence-corrected chi connectivity index (χ4v) is 4.46. The number of aromatic nitrogens is 2. The van der Waals surface area contributed by atoms with Gasteiger partial charge in [0.2, 0.25) is 5.96 Å². The highest BCUT2D eigenvalue weighted by Crippen LogP contribution is 2.38. The molecular weight excluding hydrogens is 477 g/mol. The summed E-state index contributed by atoms with van der Waals surface area (Å²) < 4.78 is 15.2. The molecular formula is C26H28FN7O3. The van der Waals surface area contributed by atoms with Gasteiger partial charge < -0.3 is 15.7 Å². The fraction of sp³-hybridized carbons (Fsp3) is 0.308. The smallest absolute Gasteiger partial charge is 0.267 e. The second-order valence-electron chi connectivity index (χ2n) is 9.69. The van der Waals surface area contributed by atoms with Crippen LogP contribution in [0.15, 0.2) is 53.5 Å². The lowest BCUT2D eigenvalue weighted by Gasteiger charge is -2.30. The molecule has 10 nitrogen and oxygen atoms in total. The molecule has 0 saturated carbocycles. The lowest BCUT2D eigenvalue weighted by molar-refractivity contribution is 0.0865. The molecule has 5 rings (SSSR count). The van der Waals surface area contributed by atoms with Crippen molar-refractivity contribution >= 4 is 35.1 Å². The first kappa shape index (κ1) is 24.4. The van der Waals surface area contributed by atoms with Gasteiger partial charge in [0, 0.05) is 24.8 Å². The minimum Gasteiger partial charge on any atom is -0.395 e. The summed E-state index contributed by atoms with van der Waals surface area (Å²) in [6, 6.07) is 12.9. The molecule has 1 aromatic heterocycles. The minimum atomic E-state index is -0.383. The Balaban J connectivity index is 1.53. The average molecular weight is 506 g/mol. The third kappa shape index (κ3) is 4.65. The number of fused-ring (bicyclic) bond motifs is 3. The Hall–Kier alpha value is -4.25. The highest BCUT2D eigenvalue weighted by Gasteiger charge is 2.45. The topological polar surface area (TPSA) is 115 Å². The summed E-state index contributed by atoms with van der Waals surface area (Å²) >= 11 is 0. The normalized spacial score (nSPS) is 15.8. The Morgan fingerprint density at radius 1 is 1.14 bits per heavy atom. The summed E-state index contributed by atoms with van der Waals surface area (Å²) in [4.78, 5) is 33.9. The largest absolute Gasteiger partial charge is 0.395 e. The molecule has 0 aliphatic carbocycles. The SMILES string of the molecule is CN1C(=O)c2c(nn(Cc3ccc(C(=O)NCCO)cc3)c2Nc2ccc(F)cc2)N2CC(C)(C)N=C12. The van der Waals surface area contributed by atoms with E-state index >= 15 is 0 Å². The summed E-state index contributed by atoms with van der Waals surface area (Å²) in [5, 5.41) is 19.6. The molecule has 2 aliphatic rings. The van der Waals surface area contributed by atoms with Gasteiger partial charge in [-0.05, 0) is 55.8 Å². The second kappa shape index (κ2) is 9.32. The number of aliphatic hydroxyl groups is 1. The third-order valence-electron chi connectivity index (χ3n) is 6.25. The minimum absolute atomic E-state index is 0.133.